The van der Waals surface area contributed by atoms with E-state index in [1.54, 1.807) is 24.3 Å². The summed E-state index contributed by atoms with van der Waals surface area (Å²) in [5, 5.41) is 14.1. The van der Waals surface area contributed by atoms with Gasteiger partial charge in [0.05, 0.1) is 4.92 Å². The van der Waals surface area contributed by atoms with E-state index in [2.05, 4.69) is 5.32 Å². The molecule has 0 aliphatic rings. The van der Waals surface area contributed by atoms with Crippen LogP contribution in [0.15, 0.2) is 48.5 Å². The van der Waals surface area contributed by atoms with Gasteiger partial charge in [0, 0.05) is 39.5 Å². The average Bonchev–Trinajstić information content (AvgIpc) is 2.47. The molecule has 112 valence electrons. The number of nitro groups is 1. The molecule has 2 rings (SSSR count). The van der Waals surface area contributed by atoms with Gasteiger partial charge >= 0.3 is 0 Å². The van der Waals surface area contributed by atoms with E-state index in [1.807, 2.05) is 0 Å². The van der Waals surface area contributed by atoms with Crippen LogP contribution in [0.4, 0.5) is 11.4 Å². The van der Waals surface area contributed by atoms with Gasteiger partial charge in [0.25, 0.3) is 5.69 Å². The molecule has 2 aromatic carbocycles. The predicted octanol–water partition coefficient (Wildman–Crippen LogP) is 4.55. The highest BCUT2D eigenvalue weighted by atomic mass is 35.5. The second kappa shape index (κ2) is 7.06. The smallest absolute Gasteiger partial charge is 0.271 e. The molecule has 1 amide bonds. The fourth-order valence-electron chi connectivity index (χ4n) is 1.71. The zero-order chi connectivity index (χ0) is 16.1. The minimum absolute atomic E-state index is 0.101. The van der Waals surface area contributed by atoms with Gasteiger partial charge < -0.3 is 5.32 Å². The van der Waals surface area contributed by atoms with Gasteiger partial charge in [-0.1, -0.05) is 35.3 Å². The van der Waals surface area contributed by atoms with Crippen molar-refractivity contribution in [2.75, 3.05) is 5.32 Å². The van der Waals surface area contributed by atoms with Gasteiger partial charge in [0.2, 0.25) is 5.91 Å². The van der Waals surface area contributed by atoms with Crippen LogP contribution >= 0.6 is 23.2 Å². The van der Waals surface area contributed by atoms with Crippen LogP contribution in [0.3, 0.4) is 0 Å². The van der Waals surface area contributed by atoms with Crippen molar-refractivity contribution >= 4 is 46.6 Å². The van der Waals surface area contributed by atoms with E-state index in [1.165, 1.54) is 30.4 Å². The molecule has 0 aliphatic carbocycles. The number of carbonyl (C=O) groups excluding carboxylic acids is 1. The summed E-state index contributed by atoms with van der Waals surface area (Å²) in [7, 11) is 0. The van der Waals surface area contributed by atoms with Crippen molar-refractivity contribution < 1.29 is 9.72 Å². The minimum Gasteiger partial charge on any atom is -0.322 e. The number of non-ortho nitro benzene ring substituents is 1. The van der Waals surface area contributed by atoms with Gasteiger partial charge in [0.1, 0.15) is 0 Å². The molecule has 0 bridgehead atoms. The Labute approximate surface area is 136 Å². The van der Waals surface area contributed by atoms with Gasteiger partial charge in [-0.05, 0) is 24.3 Å². The SMILES string of the molecule is O=C(/C=C/c1c(Cl)cccc1Cl)Nc1cccc([N+](=O)[O-])c1. The van der Waals surface area contributed by atoms with Gasteiger partial charge in [-0.2, -0.15) is 0 Å². The summed E-state index contributed by atoms with van der Waals surface area (Å²) in [6, 6.07) is 10.7. The van der Waals surface area contributed by atoms with E-state index >= 15 is 0 Å². The molecule has 2 aromatic rings. The fourth-order valence-corrected chi connectivity index (χ4v) is 2.23. The molecule has 0 aliphatic heterocycles. The van der Waals surface area contributed by atoms with Gasteiger partial charge in [-0.3, -0.25) is 14.9 Å². The Kier molecular flexibility index (Phi) is 5.14. The van der Waals surface area contributed by atoms with Crippen LogP contribution in [0.1, 0.15) is 5.56 Å². The molecular weight excluding hydrogens is 327 g/mol. The maximum atomic E-state index is 11.8. The number of nitro benzene ring substituents is 1. The maximum absolute atomic E-state index is 11.8. The number of carbonyl (C=O) groups is 1. The first-order chi connectivity index (χ1) is 10.5. The summed E-state index contributed by atoms with van der Waals surface area (Å²) < 4.78 is 0. The lowest BCUT2D eigenvalue weighted by atomic mass is 10.2. The number of nitrogens with zero attached hydrogens (tertiary/aromatic N) is 1. The number of benzene rings is 2. The summed E-state index contributed by atoms with van der Waals surface area (Å²) >= 11 is 12.0. The summed E-state index contributed by atoms with van der Waals surface area (Å²) in [5.41, 5.74) is 0.755. The monoisotopic (exact) mass is 336 g/mol. The lowest BCUT2D eigenvalue weighted by Gasteiger charge is -2.03. The Morgan fingerprint density at radius 1 is 1.14 bits per heavy atom. The van der Waals surface area contributed by atoms with E-state index < -0.39 is 10.8 Å². The quantitative estimate of drug-likeness (QED) is 0.505. The highest BCUT2D eigenvalue weighted by molar-refractivity contribution is 6.37. The van der Waals surface area contributed by atoms with Gasteiger partial charge in [-0.15, -0.1) is 0 Å². The molecule has 0 radical (unpaired) electrons. The highest BCUT2D eigenvalue weighted by Crippen LogP contribution is 2.25. The predicted molar refractivity (Wildman–Crippen MR) is 87.2 cm³/mol. The third-order valence-corrected chi connectivity index (χ3v) is 3.38. The van der Waals surface area contributed by atoms with Crippen molar-refractivity contribution in [2.24, 2.45) is 0 Å². The summed E-state index contributed by atoms with van der Waals surface area (Å²) in [6.07, 6.45) is 2.74. The molecule has 0 atom stereocenters. The third kappa shape index (κ3) is 4.07. The molecule has 0 unspecified atom stereocenters. The lowest BCUT2D eigenvalue weighted by molar-refractivity contribution is -0.384. The third-order valence-electron chi connectivity index (χ3n) is 2.73. The molecule has 0 aromatic heterocycles. The molecule has 0 saturated heterocycles. The Bertz CT molecular complexity index is 740. The highest BCUT2D eigenvalue weighted by Gasteiger charge is 2.07. The molecule has 0 saturated carbocycles. The number of rotatable bonds is 4. The van der Waals surface area contributed by atoms with Crippen molar-refractivity contribution in [1.82, 2.24) is 0 Å². The summed E-state index contributed by atoms with van der Waals surface area (Å²) in [6.45, 7) is 0. The number of nitrogens with one attached hydrogen (secondary N) is 1. The number of anilines is 1. The van der Waals surface area contributed by atoms with E-state index in [4.69, 9.17) is 23.2 Å². The Balaban J connectivity index is 2.12. The standard InChI is InChI=1S/C15H10Cl2N2O3/c16-13-5-2-6-14(17)12(13)7-8-15(20)18-10-3-1-4-11(9-10)19(21)22/h1-9H,(H,18,20)/b8-7+. The van der Waals surface area contributed by atoms with Crippen molar-refractivity contribution in [1.29, 1.82) is 0 Å². The molecule has 1 N–H and O–H groups in total. The molecular formula is C15H10Cl2N2O3. The molecule has 22 heavy (non-hydrogen) atoms. The Morgan fingerprint density at radius 3 is 2.41 bits per heavy atom. The summed E-state index contributed by atoms with van der Waals surface area (Å²) in [5.74, 6) is -0.448. The van der Waals surface area contributed by atoms with Crippen LogP contribution in [0.2, 0.25) is 10.0 Å². The molecule has 7 heteroatoms. The lowest BCUT2D eigenvalue weighted by Crippen LogP contribution is -2.07. The van der Waals surface area contributed by atoms with Gasteiger partial charge in [0.15, 0.2) is 0 Å². The zero-order valence-corrected chi connectivity index (χ0v) is 12.6. The molecule has 0 spiro atoms. The van der Waals surface area contributed by atoms with E-state index in [-0.39, 0.29) is 5.69 Å². The van der Waals surface area contributed by atoms with E-state index in [0.717, 1.165) is 0 Å². The number of amides is 1. The topological polar surface area (TPSA) is 72.2 Å². The second-order valence-electron chi connectivity index (χ2n) is 4.27. The first-order valence-electron chi connectivity index (χ1n) is 6.15. The normalized spacial score (nSPS) is 10.6. The maximum Gasteiger partial charge on any atom is 0.271 e. The van der Waals surface area contributed by atoms with Crippen molar-refractivity contribution in [3.8, 4) is 0 Å². The van der Waals surface area contributed by atoms with Crippen LogP contribution in [-0.4, -0.2) is 10.8 Å². The average molecular weight is 337 g/mol. The Hall–Kier alpha value is -2.37. The van der Waals surface area contributed by atoms with Gasteiger partial charge in [-0.25, -0.2) is 0 Å². The van der Waals surface area contributed by atoms with Crippen LogP contribution in [0.25, 0.3) is 6.08 Å². The van der Waals surface area contributed by atoms with Crippen molar-refractivity contribution in [2.45, 2.75) is 0 Å². The van der Waals surface area contributed by atoms with Crippen LogP contribution in [0, 0.1) is 10.1 Å². The van der Waals surface area contributed by atoms with Crippen molar-refractivity contribution in [3.05, 3.63) is 74.3 Å². The fraction of sp³-hybridized carbons (Fsp3) is 0. The second-order valence-corrected chi connectivity index (χ2v) is 5.08. The van der Waals surface area contributed by atoms with Crippen LogP contribution in [-0.2, 0) is 4.79 Å². The Morgan fingerprint density at radius 2 is 1.77 bits per heavy atom. The van der Waals surface area contributed by atoms with Crippen LogP contribution in [0.5, 0.6) is 0 Å². The van der Waals surface area contributed by atoms with E-state index in [9.17, 15) is 14.9 Å². The molecule has 0 heterocycles. The van der Waals surface area contributed by atoms with Crippen LogP contribution < -0.4 is 5.32 Å². The zero-order valence-electron chi connectivity index (χ0n) is 11.1. The number of hydrogen-bond donors (Lipinski definition) is 1. The number of halogens is 2. The summed E-state index contributed by atoms with van der Waals surface area (Å²) in [4.78, 5) is 22.0. The van der Waals surface area contributed by atoms with Crippen molar-refractivity contribution in [3.63, 3.8) is 0 Å². The first-order valence-corrected chi connectivity index (χ1v) is 6.90. The first kappa shape index (κ1) is 16.0. The largest absolute Gasteiger partial charge is 0.322 e. The minimum atomic E-state index is -0.533. The number of hydrogen-bond acceptors (Lipinski definition) is 3. The van der Waals surface area contributed by atoms with E-state index in [0.29, 0.717) is 21.3 Å². The molecule has 0 fully saturated rings. The molecule has 5 nitrogen and oxygen atoms in total.